The summed E-state index contributed by atoms with van der Waals surface area (Å²) in [5.41, 5.74) is 4.66. The Bertz CT molecular complexity index is 929. The maximum absolute atomic E-state index is 12.3. The van der Waals surface area contributed by atoms with E-state index in [4.69, 9.17) is 9.84 Å². The Morgan fingerprint density at radius 1 is 0.909 bits per heavy atom. The Kier molecular flexibility index (Phi) is 8.87. The van der Waals surface area contributed by atoms with Gasteiger partial charge in [-0.15, -0.1) is 0 Å². The van der Waals surface area contributed by atoms with Crippen LogP contribution < -0.4 is 10.6 Å². The molecule has 1 unspecified atom stereocenters. The molecule has 0 saturated carbocycles. The van der Waals surface area contributed by atoms with E-state index in [0.29, 0.717) is 13.0 Å². The zero-order valence-corrected chi connectivity index (χ0v) is 19.0. The van der Waals surface area contributed by atoms with Crippen LogP contribution in [0.1, 0.15) is 56.1 Å². The zero-order chi connectivity index (χ0) is 23.6. The number of unbranched alkanes of at least 4 members (excludes halogenated alkanes) is 3. The van der Waals surface area contributed by atoms with Crippen molar-refractivity contribution >= 4 is 18.0 Å². The molecule has 2 aromatic carbocycles. The maximum atomic E-state index is 12.3. The van der Waals surface area contributed by atoms with Crippen LogP contribution in [0.15, 0.2) is 48.5 Å². The van der Waals surface area contributed by atoms with E-state index in [2.05, 4.69) is 34.9 Å². The lowest BCUT2D eigenvalue weighted by Gasteiger charge is -2.16. The van der Waals surface area contributed by atoms with Crippen LogP contribution in [0.4, 0.5) is 4.79 Å². The van der Waals surface area contributed by atoms with Crippen molar-refractivity contribution in [1.82, 2.24) is 10.6 Å². The minimum Gasteiger partial charge on any atom is -0.481 e. The van der Waals surface area contributed by atoms with Crippen molar-refractivity contribution < 1.29 is 24.2 Å². The highest BCUT2D eigenvalue weighted by Crippen LogP contribution is 2.44. The number of benzene rings is 2. The van der Waals surface area contributed by atoms with Crippen LogP contribution in [0.25, 0.3) is 11.1 Å². The van der Waals surface area contributed by atoms with Gasteiger partial charge in [0.1, 0.15) is 6.61 Å². The highest BCUT2D eigenvalue weighted by atomic mass is 16.5. The van der Waals surface area contributed by atoms with Gasteiger partial charge in [0.2, 0.25) is 5.91 Å². The lowest BCUT2D eigenvalue weighted by Crippen LogP contribution is -2.38. The summed E-state index contributed by atoms with van der Waals surface area (Å²) in [5.74, 6) is -1.28. The second-order valence-corrected chi connectivity index (χ2v) is 8.46. The van der Waals surface area contributed by atoms with Crippen molar-refractivity contribution in [2.24, 2.45) is 5.92 Å². The summed E-state index contributed by atoms with van der Waals surface area (Å²) >= 11 is 0. The molecule has 0 bridgehead atoms. The van der Waals surface area contributed by atoms with Crippen LogP contribution in [-0.2, 0) is 14.3 Å². The summed E-state index contributed by atoms with van der Waals surface area (Å²) in [6.07, 6.45) is 2.82. The summed E-state index contributed by atoms with van der Waals surface area (Å²) < 4.78 is 5.50. The molecule has 1 aliphatic carbocycles. The number of carbonyl (C=O) groups is 3. The van der Waals surface area contributed by atoms with Gasteiger partial charge in [0, 0.05) is 25.4 Å². The normalized spacial score (nSPS) is 13.0. The van der Waals surface area contributed by atoms with Gasteiger partial charge in [-0.05, 0) is 35.1 Å². The van der Waals surface area contributed by atoms with Crippen LogP contribution in [0.5, 0.6) is 0 Å². The largest absolute Gasteiger partial charge is 0.481 e. The summed E-state index contributed by atoms with van der Waals surface area (Å²) in [6.45, 7) is 2.73. The van der Waals surface area contributed by atoms with Crippen LogP contribution in [0, 0.1) is 5.92 Å². The molecule has 33 heavy (non-hydrogen) atoms. The fourth-order valence-corrected chi connectivity index (χ4v) is 4.12. The van der Waals surface area contributed by atoms with E-state index in [9.17, 15) is 14.4 Å². The number of alkyl carbamates (subject to hydrolysis) is 1. The van der Waals surface area contributed by atoms with Crippen LogP contribution >= 0.6 is 0 Å². The minimum atomic E-state index is -0.777. The smallest absolute Gasteiger partial charge is 0.407 e. The van der Waals surface area contributed by atoms with E-state index in [0.717, 1.165) is 30.4 Å². The van der Waals surface area contributed by atoms with E-state index in [1.165, 1.54) is 11.1 Å². The molecule has 0 aliphatic heterocycles. The number of fused-ring (bicyclic) bond motifs is 3. The van der Waals surface area contributed by atoms with Crippen molar-refractivity contribution in [2.45, 2.75) is 44.9 Å². The van der Waals surface area contributed by atoms with Crippen molar-refractivity contribution in [3.8, 4) is 11.1 Å². The molecule has 0 saturated heterocycles. The standard InChI is InChI=1S/C26H32N2O5/c1-18(25(31)27-15-9-3-2-4-14-24(29)30)16-28-26(32)33-17-23-21-12-7-5-10-19(21)20-11-6-8-13-22(20)23/h5-8,10-13,18,23H,2-4,9,14-17H2,1H3,(H,27,31)(H,28,32)(H,29,30). The van der Waals surface area contributed by atoms with Gasteiger partial charge in [-0.1, -0.05) is 68.3 Å². The third kappa shape index (κ3) is 6.81. The number of carbonyl (C=O) groups excluding carboxylic acids is 2. The number of ether oxygens (including phenoxy) is 1. The van der Waals surface area contributed by atoms with Gasteiger partial charge < -0.3 is 20.5 Å². The predicted octanol–water partition coefficient (Wildman–Crippen LogP) is 4.31. The van der Waals surface area contributed by atoms with Crippen molar-refractivity contribution in [1.29, 1.82) is 0 Å². The molecule has 0 fully saturated rings. The van der Waals surface area contributed by atoms with E-state index in [1.807, 2.05) is 24.3 Å². The lowest BCUT2D eigenvalue weighted by atomic mass is 9.98. The second kappa shape index (κ2) is 12.0. The number of hydrogen-bond acceptors (Lipinski definition) is 4. The molecule has 7 heteroatoms. The topological polar surface area (TPSA) is 105 Å². The number of amides is 2. The van der Waals surface area contributed by atoms with Crippen molar-refractivity contribution in [3.63, 3.8) is 0 Å². The first-order chi connectivity index (χ1) is 16.0. The van der Waals surface area contributed by atoms with E-state index >= 15 is 0 Å². The molecular formula is C26H32N2O5. The SMILES string of the molecule is CC(CNC(=O)OCC1c2ccccc2-c2ccccc21)C(=O)NCCCCCCC(=O)O. The van der Waals surface area contributed by atoms with E-state index < -0.39 is 12.1 Å². The molecule has 0 aromatic heterocycles. The van der Waals surface area contributed by atoms with Gasteiger partial charge in [0.25, 0.3) is 0 Å². The first-order valence-electron chi connectivity index (χ1n) is 11.6. The van der Waals surface area contributed by atoms with E-state index in [1.54, 1.807) is 6.92 Å². The number of aliphatic carboxylic acids is 1. The average molecular weight is 453 g/mol. The molecule has 2 aromatic rings. The Hall–Kier alpha value is -3.35. The Balaban J connectivity index is 1.36. The van der Waals surface area contributed by atoms with Crippen LogP contribution in [0.2, 0.25) is 0 Å². The number of carboxylic acids is 1. The first kappa shape index (κ1) is 24.3. The molecule has 3 N–H and O–H groups in total. The zero-order valence-electron chi connectivity index (χ0n) is 19.0. The highest BCUT2D eigenvalue weighted by molar-refractivity contribution is 5.80. The van der Waals surface area contributed by atoms with Gasteiger partial charge in [-0.2, -0.15) is 0 Å². The molecule has 0 heterocycles. The Labute approximate surface area is 194 Å². The molecule has 176 valence electrons. The van der Waals surface area contributed by atoms with Crippen LogP contribution in [0.3, 0.4) is 0 Å². The molecular weight excluding hydrogens is 420 g/mol. The van der Waals surface area contributed by atoms with Crippen LogP contribution in [-0.4, -0.2) is 42.8 Å². The van der Waals surface area contributed by atoms with Crippen molar-refractivity contribution in [2.75, 3.05) is 19.7 Å². The number of hydrogen-bond donors (Lipinski definition) is 3. The molecule has 3 rings (SSSR count). The highest BCUT2D eigenvalue weighted by Gasteiger charge is 2.29. The molecule has 7 nitrogen and oxygen atoms in total. The summed E-state index contributed by atoms with van der Waals surface area (Å²) in [6, 6.07) is 16.3. The monoisotopic (exact) mass is 452 g/mol. The van der Waals surface area contributed by atoms with Gasteiger partial charge in [0.05, 0.1) is 5.92 Å². The maximum Gasteiger partial charge on any atom is 0.407 e. The average Bonchev–Trinajstić information content (AvgIpc) is 3.14. The minimum absolute atomic E-state index is 0.000583. The summed E-state index contributed by atoms with van der Waals surface area (Å²) in [4.78, 5) is 34.9. The second-order valence-electron chi connectivity index (χ2n) is 8.46. The molecule has 2 amide bonds. The quantitative estimate of drug-likeness (QED) is 0.416. The molecule has 0 spiro atoms. The third-order valence-corrected chi connectivity index (χ3v) is 5.96. The number of nitrogens with one attached hydrogen (secondary N) is 2. The van der Waals surface area contributed by atoms with Crippen molar-refractivity contribution in [3.05, 3.63) is 59.7 Å². The van der Waals surface area contributed by atoms with E-state index in [-0.39, 0.29) is 37.3 Å². The number of carboxylic acid groups (broad SMARTS) is 1. The van der Waals surface area contributed by atoms with Gasteiger partial charge in [-0.3, -0.25) is 9.59 Å². The van der Waals surface area contributed by atoms with Gasteiger partial charge >= 0.3 is 12.1 Å². The summed E-state index contributed by atoms with van der Waals surface area (Å²) in [7, 11) is 0. The third-order valence-electron chi connectivity index (χ3n) is 5.96. The lowest BCUT2D eigenvalue weighted by molar-refractivity contribution is -0.137. The molecule has 1 atom stereocenters. The van der Waals surface area contributed by atoms with Gasteiger partial charge in [0.15, 0.2) is 0 Å². The Morgan fingerprint density at radius 3 is 2.15 bits per heavy atom. The summed E-state index contributed by atoms with van der Waals surface area (Å²) in [5, 5.41) is 14.2. The fraction of sp³-hybridized carbons (Fsp3) is 0.423. The number of rotatable bonds is 12. The molecule has 1 aliphatic rings. The predicted molar refractivity (Wildman–Crippen MR) is 126 cm³/mol. The molecule has 0 radical (unpaired) electrons. The van der Waals surface area contributed by atoms with Gasteiger partial charge in [-0.25, -0.2) is 4.79 Å². The first-order valence-corrected chi connectivity index (χ1v) is 11.6. The Morgan fingerprint density at radius 2 is 1.52 bits per heavy atom. The fourth-order valence-electron chi connectivity index (χ4n) is 4.12.